The molecule has 2 saturated heterocycles. The highest BCUT2D eigenvalue weighted by Gasteiger charge is 2.51. The molecule has 1 aromatic heterocycles. The summed E-state index contributed by atoms with van der Waals surface area (Å²) in [5, 5.41) is 13.6. The van der Waals surface area contributed by atoms with Crippen LogP contribution in [-0.4, -0.2) is 77.1 Å². The molecular formula is C34H40N4O6. The minimum absolute atomic E-state index is 0.00774. The lowest BCUT2D eigenvalue weighted by atomic mass is 9.80. The van der Waals surface area contributed by atoms with Crippen molar-refractivity contribution in [3.63, 3.8) is 0 Å². The Balaban J connectivity index is 1.31. The number of ether oxygens (including phenoxy) is 2. The molecule has 3 aliphatic rings. The van der Waals surface area contributed by atoms with E-state index in [2.05, 4.69) is 10.2 Å². The summed E-state index contributed by atoms with van der Waals surface area (Å²) in [7, 11) is 0. The van der Waals surface area contributed by atoms with Gasteiger partial charge in [0, 0.05) is 62.3 Å². The summed E-state index contributed by atoms with van der Waals surface area (Å²) in [6.45, 7) is 5.07. The van der Waals surface area contributed by atoms with Gasteiger partial charge in [0.1, 0.15) is 5.54 Å². The minimum Gasteiger partial charge on any atom is -0.459 e. The number of nitrogens with zero attached hydrogens (tertiary/aromatic N) is 3. The van der Waals surface area contributed by atoms with Crippen molar-refractivity contribution in [3.8, 4) is 0 Å². The zero-order chi connectivity index (χ0) is 30.8. The highest BCUT2D eigenvalue weighted by atomic mass is 16.7. The molecule has 0 aliphatic carbocycles. The summed E-state index contributed by atoms with van der Waals surface area (Å²) >= 11 is 0. The molecule has 0 radical (unpaired) electrons. The van der Waals surface area contributed by atoms with Gasteiger partial charge in [-0.1, -0.05) is 36.4 Å². The Labute approximate surface area is 257 Å². The maximum absolute atomic E-state index is 14.1. The normalized spacial score (nSPS) is 23.0. The van der Waals surface area contributed by atoms with Crippen LogP contribution in [0.1, 0.15) is 55.8 Å². The number of carbonyl (C=O) groups excluding carboxylic acids is 3. The van der Waals surface area contributed by atoms with Gasteiger partial charge < -0.3 is 29.7 Å². The van der Waals surface area contributed by atoms with E-state index in [1.807, 2.05) is 73.8 Å². The summed E-state index contributed by atoms with van der Waals surface area (Å²) in [5.74, 6) is -0.615. The van der Waals surface area contributed by atoms with E-state index in [0.29, 0.717) is 52.0 Å². The number of aromatic nitrogens is 1. The molecule has 0 saturated carbocycles. The minimum atomic E-state index is -0.708. The van der Waals surface area contributed by atoms with Gasteiger partial charge in [-0.25, -0.2) is 0 Å². The number of rotatable bonds is 8. The van der Waals surface area contributed by atoms with Crippen LogP contribution < -0.4 is 10.2 Å². The molecule has 44 heavy (non-hydrogen) atoms. The van der Waals surface area contributed by atoms with Crippen LogP contribution in [0.15, 0.2) is 72.6 Å². The average molecular weight is 601 g/mol. The Hall–Kier alpha value is -4.15. The summed E-state index contributed by atoms with van der Waals surface area (Å²) in [5.41, 5.74) is 1.98. The lowest BCUT2D eigenvalue weighted by molar-refractivity contribution is -0.171. The van der Waals surface area contributed by atoms with Crippen molar-refractivity contribution in [2.45, 2.75) is 57.3 Å². The van der Waals surface area contributed by atoms with E-state index in [-0.39, 0.29) is 41.9 Å². The number of hydrogen-bond acceptors (Lipinski definition) is 7. The lowest BCUT2D eigenvalue weighted by Gasteiger charge is -2.44. The van der Waals surface area contributed by atoms with E-state index >= 15 is 0 Å². The summed E-state index contributed by atoms with van der Waals surface area (Å²) < 4.78 is 14.0. The van der Waals surface area contributed by atoms with Crippen LogP contribution >= 0.6 is 0 Å². The smallest absolute Gasteiger partial charge is 0.288 e. The molecule has 0 bridgehead atoms. The number of piperidine rings is 1. The standard InChI is InChI=1S/C34H40N4O6/c1-3-43-32-26(13-9-19-39)27(28-21-37(23(2)40)29-14-8-7-12-25(28)29)20-30(44-32)31(41)36-17-15-34(16-18-36)33(42)35-22-38(34)24-10-5-4-6-11-24/h4-8,10-12,14,20-21,26-27,32,39H,3,9,13,15-19,22H2,1-2H3,(H,35,42)/t26-,27+,32-/m1/s1. The SMILES string of the molecule is CCO[C@@H]1OC(C(=O)N2CCC3(CC2)C(=O)NCN3c2ccccc2)=C[C@H](c2cn(C(C)=O)c3ccccc23)[C@H]1CCCO. The Morgan fingerprint density at radius 2 is 1.82 bits per heavy atom. The Kier molecular flexibility index (Phi) is 8.46. The number of benzene rings is 2. The van der Waals surface area contributed by atoms with Crippen LogP contribution in [0.25, 0.3) is 10.9 Å². The first-order valence-electron chi connectivity index (χ1n) is 15.5. The number of carbonyl (C=O) groups is 3. The van der Waals surface area contributed by atoms with Gasteiger partial charge in [-0.15, -0.1) is 0 Å². The second kappa shape index (κ2) is 12.5. The van der Waals surface area contributed by atoms with E-state index < -0.39 is 11.8 Å². The van der Waals surface area contributed by atoms with E-state index in [1.54, 1.807) is 9.47 Å². The van der Waals surface area contributed by atoms with Crippen molar-refractivity contribution in [2.75, 3.05) is 37.9 Å². The molecule has 2 N–H and O–H groups in total. The maximum Gasteiger partial charge on any atom is 0.288 e. The van der Waals surface area contributed by atoms with Crippen LogP contribution in [0.3, 0.4) is 0 Å². The molecule has 10 heteroatoms. The van der Waals surface area contributed by atoms with Crippen molar-refractivity contribution >= 4 is 34.3 Å². The predicted octanol–water partition coefficient (Wildman–Crippen LogP) is 4.01. The highest BCUT2D eigenvalue weighted by molar-refractivity contribution is 5.96. The Morgan fingerprint density at radius 3 is 2.52 bits per heavy atom. The third-order valence-corrected chi connectivity index (χ3v) is 9.35. The average Bonchev–Trinajstić information content (AvgIpc) is 3.59. The second-order valence-corrected chi connectivity index (χ2v) is 11.8. The molecule has 2 amide bonds. The van der Waals surface area contributed by atoms with E-state index in [0.717, 1.165) is 22.2 Å². The predicted molar refractivity (Wildman–Crippen MR) is 166 cm³/mol. The summed E-state index contributed by atoms with van der Waals surface area (Å²) in [6, 6.07) is 17.6. The number of para-hydroxylation sites is 2. The quantitative estimate of drug-likeness (QED) is 0.402. The topological polar surface area (TPSA) is 113 Å². The zero-order valence-electron chi connectivity index (χ0n) is 25.3. The van der Waals surface area contributed by atoms with Gasteiger partial charge in [0.25, 0.3) is 5.91 Å². The number of aliphatic hydroxyl groups is 1. The third-order valence-electron chi connectivity index (χ3n) is 9.35. The second-order valence-electron chi connectivity index (χ2n) is 11.8. The summed E-state index contributed by atoms with van der Waals surface area (Å²) in [4.78, 5) is 43.7. The number of anilines is 1. The molecule has 10 nitrogen and oxygen atoms in total. The van der Waals surface area contributed by atoms with Crippen LogP contribution in [-0.2, 0) is 19.1 Å². The fourth-order valence-corrected chi connectivity index (χ4v) is 7.11. The van der Waals surface area contributed by atoms with Gasteiger partial charge in [0.15, 0.2) is 5.76 Å². The van der Waals surface area contributed by atoms with Crippen LogP contribution in [0.4, 0.5) is 5.69 Å². The molecule has 3 aromatic rings. The number of likely N-dealkylation sites (tertiary alicyclic amines) is 1. The number of nitrogens with one attached hydrogen (secondary N) is 1. The number of hydrogen-bond donors (Lipinski definition) is 2. The largest absolute Gasteiger partial charge is 0.459 e. The van der Waals surface area contributed by atoms with Gasteiger partial charge in [-0.2, -0.15) is 0 Å². The third kappa shape index (κ3) is 5.26. The van der Waals surface area contributed by atoms with Gasteiger partial charge in [-0.05, 0) is 62.4 Å². The number of allylic oxidation sites excluding steroid dienone is 1. The maximum atomic E-state index is 14.1. The molecule has 1 spiro atoms. The van der Waals surface area contributed by atoms with Crippen molar-refractivity contribution in [1.82, 2.24) is 14.8 Å². The summed E-state index contributed by atoms with van der Waals surface area (Å²) in [6.07, 6.45) is 5.18. The van der Waals surface area contributed by atoms with Gasteiger partial charge in [-0.3, -0.25) is 19.0 Å². The number of aliphatic hydroxyl groups excluding tert-OH is 1. The molecule has 232 valence electrons. The molecule has 3 aliphatic heterocycles. The first-order chi connectivity index (χ1) is 21.4. The first kappa shape index (κ1) is 29.9. The molecule has 3 atom stereocenters. The van der Waals surface area contributed by atoms with Gasteiger partial charge >= 0.3 is 0 Å². The monoisotopic (exact) mass is 600 g/mol. The first-order valence-corrected chi connectivity index (χ1v) is 15.5. The molecule has 0 unspecified atom stereocenters. The fourth-order valence-electron chi connectivity index (χ4n) is 7.11. The van der Waals surface area contributed by atoms with Crippen LogP contribution in [0.2, 0.25) is 0 Å². The number of amides is 2. The van der Waals surface area contributed by atoms with Gasteiger partial charge in [0.2, 0.25) is 18.1 Å². The fraction of sp³-hybridized carbons (Fsp3) is 0.441. The molecule has 4 heterocycles. The molecule has 2 fully saturated rings. The zero-order valence-corrected chi connectivity index (χ0v) is 25.3. The molecule has 6 rings (SSSR count). The van der Waals surface area contributed by atoms with Crippen molar-refractivity contribution in [3.05, 3.63) is 78.2 Å². The van der Waals surface area contributed by atoms with Gasteiger partial charge in [0.05, 0.1) is 12.2 Å². The van der Waals surface area contributed by atoms with E-state index in [4.69, 9.17) is 9.47 Å². The lowest BCUT2D eigenvalue weighted by Crippen LogP contribution is -2.57. The van der Waals surface area contributed by atoms with Crippen LogP contribution in [0, 0.1) is 5.92 Å². The van der Waals surface area contributed by atoms with E-state index in [1.165, 1.54) is 6.92 Å². The van der Waals surface area contributed by atoms with E-state index in [9.17, 15) is 19.5 Å². The molecule has 2 aromatic carbocycles. The highest BCUT2D eigenvalue weighted by Crippen LogP contribution is 2.43. The van der Waals surface area contributed by atoms with Crippen molar-refractivity contribution in [2.24, 2.45) is 5.92 Å². The Bertz CT molecular complexity index is 1560. The Morgan fingerprint density at radius 1 is 1.09 bits per heavy atom. The van der Waals surface area contributed by atoms with Crippen LogP contribution in [0.5, 0.6) is 0 Å². The number of fused-ring (bicyclic) bond motifs is 1. The van der Waals surface area contributed by atoms with Crippen molar-refractivity contribution in [1.29, 1.82) is 0 Å². The van der Waals surface area contributed by atoms with Crippen molar-refractivity contribution < 1.29 is 29.0 Å². The molecular weight excluding hydrogens is 560 g/mol.